The Bertz CT molecular complexity index is 1040. The van der Waals surface area contributed by atoms with Crippen LogP contribution in [0.3, 0.4) is 0 Å². The van der Waals surface area contributed by atoms with Crippen molar-refractivity contribution in [2.24, 2.45) is 5.73 Å². The quantitative estimate of drug-likeness (QED) is 0.487. The highest BCUT2D eigenvalue weighted by Crippen LogP contribution is 2.22. The number of carbonyl (C=O) groups excluding carboxylic acids is 1. The lowest BCUT2D eigenvalue weighted by Gasteiger charge is -2.28. The average molecular weight is 449 g/mol. The normalized spacial score (nSPS) is 14.3. The second-order valence-electron chi connectivity index (χ2n) is 7.29. The van der Waals surface area contributed by atoms with Crippen LogP contribution in [0.2, 0.25) is 0 Å². The molecule has 31 heavy (non-hydrogen) atoms. The van der Waals surface area contributed by atoms with Crippen LogP contribution in [0.25, 0.3) is 0 Å². The molecular weight excluding hydrogens is 420 g/mol. The Hall–Kier alpha value is -2.92. The lowest BCUT2D eigenvalue weighted by molar-refractivity contribution is 0.0997. The van der Waals surface area contributed by atoms with Crippen molar-refractivity contribution in [1.29, 1.82) is 0 Å². The number of carbonyl (C=O) groups is 1. The zero-order valence-corrected chi connectivity index (χ0v) is 18.5. The van der Waals surface area contributed by atoms with Crippen LogP contribution in [-0.4, -0.2) is 57.6 Å². The number of anilines is 2. The van der Waals surface area contributed by atoms with E-state index in [1.165, 1.54) is 31.7 Å². The number of primary amides is 1. The van der Waals surface area contributed by atoms with Crippen molar-refractivity contribution in [3.63, 3.8) is 0 Å². The van der Waals surface area contributed by atoms with Gasteiger partial charge in [0.1, 0.15) is 11.6 Å². The van der Waals surface area contributed by atoms with Crippen LogP contribution in [0, 0.1) is 6.92 Å². The Morgan fingerprint density at radius 2 is 1.90 bits per heavy atom. The summed E-state index contributed by atoms with van der Waals surface area (Å²) < 4.78 is 32.7. The molecule has 1 aliphatic heterocycles. The maximum atomic E-state index is 12.6. The van der Waals surface area contributed by atoms with Gasteiger partial charge in [-0.2, -0.15) is 4.98 Å². The van der Waals surface area contributed by atoms with Crippen molar-refractivity contribution in [3.05, 3.63) is 35.5 Å². The van der Waals surface area contributed by atoms with E-state index < -0.39 is 15.9 Å². The molecule has 1 aromatic heterocycles. The first-order chi connectivity index (χ1) is 14.8. The van der Waals surface area contributed by atoms with Gasteiger partial charge in [0.2, 0.25) is 16.0 Å². The van der Waals surface area contributed by atoms with E-state index in [1.54, 1.807) is 0 Å². The SMILES string of the molecule is COc1ccc(S(=O)(=O)NCCNc2nc(C)cc(N3CCCCC3)n2)cc1C(N)=O. The molecular formula is C20H28N6O4S. The van der Waals surface area contributed by atoms with Gasteiger partial charge in [0.05, 0.1) is 17.6 Å². The van der Waals surface area contributed by atoms with Gasteiger partial charge in [0.15, 0.2) is 0 Å². The first-order valence-corrected chi connectivity index (χ1v) is 11.6. The molecule has 0 saturated carbocycles. The molecule has 0 bridgehead atoms. The summed E-state index contributed by atoms with van der Waals surface area (Å²) in [4.78, 5) is 22.7. The number of rotatable bonds is 9. The summed E-state index contributed by atoms with van der Waals surface area (Å²) in [5.41, 5.74) is 6.15. The number of sulfonamides is 1. The van der Waals surface area contributed by atoms with E-state index in [0.29, 0.717) is 12.5 Å². The first-order valence-electron chi connectivity index (χ1n) is 10.1. The molecule has 0 spiro atoms. The summed E-state index contributed by atoms with van der Waals surface area (Å²) in [6.07, 6.45) is 3.54. The zero-order valence-electron chi connectivity index (χ0n) is 17.7. The lowest BCUT2D eigenvalue weighted by atomic mass is 10.1. The van der Waals surface area contributed by atoms with Gasteiger partial charge in [0.25, 0.3) is 5.91 Å². The number of nitrogens with one attached hydrogen (secondary N) is 2. The van der Waals surface area contributed by atoms with Gasteiger partial charge in [0, 0.05) is 37.9 Å². The monoisotopic (exact) mass is 448 g/mol. The number of nitrogens with zero attached hydrogens (tertiary/aromatic N) is 3. The number of hydrogen-bond acceptors (Lipinski definition) is 8. The van der Waals surface area contributed by atoms with E-state index in [1.807, 2.05) is 13.0 Å². The maximum absolute atomic E-state index is 12.6. The number of methoxy groups -OCH3 is 1. The van der Waals surface area contributed by atoms with E-state index >= 15 is 0 Å². The standard InChI is InChI=1S/C20H28N6O4S/c1-14-12-18(26-10-4-3-5-11-26)25-20(24-14)22-8-9-23-31(28,29)15-6-7-17(30-2)16(13-15)19(21)27/h6-7,12-13,23H,3-5,8-11H2,1-2H3,(H2,21,27)(H,22,24,25). The smallest absolute Gasteiger partial charge is 0.252 e. The van der Waals surface area contributed by atoms with Crippen LogP contribution in [-0.2, 0) is 10.0 Å². The van der Waals surface area contributed by atoms with Crippen LogP contribution in [0.4, 0.5) is 11.8 Å². The summed E-state index contributed by atoms with van der Waals surface area (Å²) in [5, 5.41) is 3.07. The topological polar surface area (TPSA) is 140 Å². The van der Waals surface area contributed by atoms with E-state index in [9.17, 15) is 13.2 Å². The van der Waals surface area contributed by atoms with Crippen molar-refractivity contribution in [2.75, 3.05) is 43.5 Å². The van der Waals surface area contributed by atoms with Crippen molar-refractivity contribution >= 4 is 27.7 Å². The average Bonchev–Trinajstić information content (AvgIpc) is 2.76. The largest absolute Gasteiger partial charge is 0.496 e. The number of nitrogens with two attached hydrogens (primary N) is 1. The molecule has 3 rings (SSSR count). The summed E-state index contributed by atoms with van der Waals surface area (Å²) in [7, 11) is -2.45. The Kier molecular flexibility index (Phi) is 7.29. The van der Waals surface area contributed by atoms with Crippen molar-refractivity contribution in [2.45, 2.75) is 31.1 Å². The predicted molar refractivity (Wildman–Crippen MR) is 118 cm³/mol. The molecule has 10 nitrogen and oxygen atoms in total. The molecule has 1 aliphatic rings. The Labute approximate surface area is 182 Å². The van der Waals surface area contributed by atoms with E-state index in [4.69, 9.17) is 10.5 Å². The third-order valence-corrected chi connectivity index (χ3v) is 6.43. The van der Waals surface area contributed by atoms with Crippen LogP contribution < -0.4 is 25.4 Å². The minimum Gasteiger partial charge on any atom is -0.496 e. The molecule has 1 saturated heterocycles. The number of amides is 1. The summed E-state index contributed by atoms with van der Waals surface area (Å²) >= 11 is 0. The zero-order chi connectivity index (χ0) is 22.4. The Morgan fingerprint density at radius 3 is 2.58 bits per heavy atom. The van der Waals surface area contributed by atoms with Gasteiger partial charge in [-0.1, -0.05) is 0 Å². The van der Waals surface area contributed by atoms with Crippen LogP contribution >= 0.6 is 0 Å². The van der Waals surface area contributed by atoms with Crippen LogP contribution in [0.1, 0.15) is 35.3 Å². The molecule has 1 fully saturated rings. The van der Waals surface area contributed by atoms with E-state index in [-0.39, 0.29) is 22.8 Å². The second kappa shape index (κ2) is 9.92. The van der Waals surface area contributed by atoms with Crippen molar-refractivity contribution in [1.82, 2.24) is 14.7 Å². The van der Waals surface area contributed by atoms with Gasteiger partial charge in [-0.15, -0.1) is 0 Å². The number of benzene rings is 1. The highest BCUT2D eigenvalue weighted by Gasteiger charge is 2.18. The Balaban J connectivity index is 1.61. The molecule has 0 unspecified atom stereocenters. The molecule has 11 heteroatoms. The highest BCUT2D eigenvalue weighted by molar-refractivity contribution is 7.89. The highest BCUT2D eigenvalue weighted by atomic mass is 32.2. The van der Waals surface area contributed by atoms with E-state index in [2.05, 4.69) is 24.9 Å². The molecule has 4 N–H and O–H groups in total. The molecule has 1 aromatic carbocycles. The first kappa shape index (κ1) is 22.8. The number of hydrogen-bond donors (Lipinski definition) is 3. The minimum atomic E-state index is -3.83. The number of ether oxygens (including phenoxy) is 1. The second-order valence-corrected chi connectivity index (χ2v) is 9.06. The summed E-state index contributed by atoms with van der Waals surface area (Å²) in [6, 6.07) is 5.91. The summed E-state index contributed by atoms with van der Waals surface area (Å²) in [6.45, 7) is 4.26. The predicted octanol–water partition coefficient (Wildman–Crippen LogP) is 1.27. The van der Waals surface area contributed by atoms with Crippen LogP contribution in [0.15, 0.2) is 29.2 Å². The fraction of sp³-hybridized carbons (Fsp3) is 0.450. The number of aromatic nitrogens is 2. The van der Waals surface area contributed by atoms with Gasteiger partial charge < -0.3 is 20.7 Å². The Morgan fingerprint density at radius 1 is 1.16 bits per heavy atom. The molecule has 0 radical (unpaired) electrons. The van der Waals surface area contributed by atoms with Crippen LogP contribution in [0.5, 0.6) is 5.75 Å². The van der Waals surface area contributed by atoms with Gasteiger partial charge in [-0.3, -0.25) is 4.79 Å². The minimum absolute atomic E-state index is 0.00176. The fourth-order valence-corrected chi connectivity index (χ4v) is 4.46. The fourth-order valence-electron chi connectivity index (χ4n) is 3.41. The molecule has 0 atom stereocenters. The molecule has 0 aliphatic carbocycles. The maximum Gasteiger partial charge on any atom is 0.252 e. The number of piperidine rings is 1. The lowest BCUT2D eigenvalue weighted by Crippen LogP contribution is -2.31. The third-order valence-electron chi connectivity index (χ3n) is 4.97. The van der Waals surface area contributed by atoms with Gasteiger partial charge in [-0.05, 0) is 44.4 Å². The molecule has 1 amide bonds. The molecule has 2 aromatic rings. The number of aryl methyl sites for hydroxylation is 1. The van der Waals surface area contributed by atoms with E-state index in [0.717, 1.165) is 37.4 Å². The third kappa shape index (κ3) is 5.82. The van der Waals surface area contributed by atoms with Gasteiger partial charge in [-0.25, -0.2) is 18.1 Å². The van der Waals surface area contributed by atoms with Crippen molar-refractivity contribution < 1.29 is 17.9 Å². The summed E-state index contributed by atoms with van der Waals surface area (Å²) in [5.74, 6) is 0.790. The molecule has 168 valence electrons. The molecule has 2 heterocycles. The van der Waals surface area contributed by atoms with Crippen molar-refractivity contribution in [3.8, 4) is 5.75 Å². The van der Waals surface area contributed by atoms with Gasteiger partial charge >= 0.3 is 0 Å².